The van der Waals surface area contributed by atoms with Crippen molar-refractivity contribution in [1.82, 2.24) is 10.3 Å². The molecule has 1 fully saturated rings. The van der Waals surface area contributed by atoms with E-state index in [4.69, 9.17) is 4.74 Å². The van der Waals surface area contributed by atoms with Crippen LogP contribution in [0.15, 0.2) is 5.38 Å². The number of thiazole rings is 1. The Balaban J connectivity index is 1.94. The summed E-state index contributed by atoms with van der Waals surface area (Å²) in [6, 6.07) is 0.209. The van der Waals surface area contributed by atoms with E-state index in [-0.39, 0.29) is 24.0 Å². The van der Waals surface area contributed by atoms with Gasteiger partial charge in [-0.1, -0.05) is 6.92 Å². The Morgan fingerprint density at radius 2 is 2.47 bits per heavy atom. The Kier molecular flexibility index (Phi) is 4.90. The zero-order chi connectivity index (χ0) is 13.8. The molecule has 0 aromatic carbocycles. The van der Waals surface area contributed by atoms with E-state index in [9.17, 15) is 4.79 Å². The maximum absolute atomic E-state index is 12.1. The Bertz CT molecular complexity index is 435. The van der Waals surface area contributed by atoms with Gasteiger partial charge in [0.2, 0.25) is 5.91 Å². The molecule has 0 aliphatic carbocycles. The lowest BCUT2D eigenvalue weighted by atomic mass is 10.0. The number of rotatable bonds is 5. The van der Waals surface area contributed by atoms with E-state index in [1.165, 1.54) is 11.3 Å². The van der Waals surface area contributed by atoms with Crippen LogP contribution >= 0.6 is 11.3 Å². The Hall–Kier alpha value is -0.980. The van der Waals surface area contributed by atoms with E-state index < -0.39 is 0 Å². The molecule has 5 nitrogen and oxygen atoms in total. The molecule has 3 unspecified atom stereocenters. The summed E-state index contributed by atoms with van der Waals surface area (Å²) in [5.41, 5.74) is 0.970. The van der Waals surface area contributed by atoms with Gasteiger partial charge >= 0.3 is 0 Å². The van der Waals surface area contributed by atoms with Crippen LogP contribution in [-0.4, -0.2) is 30.1 Å². The van der Waals surface area contributed by atoms with Gasteiger partial charge in [-0.15, -0.1) is 11.3 Å². The standard InChI is InChI=1S/C13H21N3O2S/c1-4-14-8(2)11-7-19-13(15-11)16-12(17)10-5-6-18-9(10)3/h7-10,14H,4-6H2,1-3H3,(H,15,16,17). The van der Waals surface area contributed by atoms with Crippen LogP contribution in [0.5, 0.6) is 0 Å². The van der Waals surface area contributed by atoms with Crippen LogP contribution in [0.2, 0.25) is 0 Å². The first kappa shape index (κ1) is 14.4. The highest BCUT2D eigenvalue weighted by Gasteiger charge is 2.31. The third-order valence-corrected chi connectivity index (χ3v) is 4.19. The largest absolute Gasteiger partial charge is 0.378 e. The van der Waals surface area contributed by atoms with Crippen LogP contribution in [0.3, 0.4) is 0 Å². The van der Waals surface area contributed by atoms with E-state index in [1.807, 2.05) is 12.3 Å². The van der Waals surface area contributed by atoms with Crippen LogP contribution in [0.1, 0.15) is 38.9 Å². The average molecular weight is 283 g/mol. The number of amides is 1. The lowest BCUT2D eigenvalue weighted by molar-refractivity contribution is -0.121. The van der Waals surface area contributed by atoms with Crippen LogP contribution in [0.25, 0.3) is 0 Å². The fraction of sp³-hybridized carbons (Fsp3) is 0.692. The van der Waals surface area contributed by atoms with Crippen molar-refractivity contribution in [2.45, 2.75) is 39.3 Å². The SMILES string of the molecule is CCNC(C)c1csc(NC(=O)C2CCOC2C)n1. The highest BCUT2D eigenvalue weighted by molar-refractivity contribution is 7.13. The number of hydrogen-bond acceptors (Lipinski definition) is 5. The zero-order valence-electron chi connectivity index (χ0n) is 11.6. The van der Waals surface area contributed by atoms with Crippen molar-refractivity contribution in [3.63, 3.8) is 0 Å². The maximum atomic E-state index is 12.1. The monoisotopic (exact) mass is 283 g/mol. The fourth-order valence-corrected chi connectivity index (χ4v) is 3.03. The molecule has 19 heavy (non-hydrogen) atoms. The molecule has 1 amide bonds. The summed E-state index contributed by atoms with van der Waals surface area (Å²) < 4.78 is 5.41. The summed E-state index contributed by atoms with van der Waals surface area (Å²) in [6.07, 6.45) is 0.791. The molecule has 1 aromatic heterocycles. The van der Waals surface area contributed by atoms with Gasteiger partial charge in [0.1, 0.15) is 0 Å². The van der Waals surface area contributed by atoms with Crippen LogP contribution in [-0.2, 0) is 9.53 Å². The van der Waals surface area contributed by atoms with Crippen LogP contribution < -0.4 is 10.6 Å². The highest BCUT2D eigenvalue weighted by Crippen LogP contribution is 2.25. The minimum absolute atomic E-state index is 0.000106. The number of nitrogens with zero attached hydrogens (tertiary/aromatic N) is 1. The molecule has 2 heterocycles. The summed E-state index contributed by atoms with van der Waals surface area (Å²) in [5.74, 6) is -0.0412. The molecule has 0 bridgehead atoms. The van der Waals surface area contributed by atoms with Crippen molar-refractivity contribution < 1.29 is 9.53 Å². The molecule has 1 saturated heterocycles. The van der Waals surface area contributed by atoms with E-state index in [1.54, 1.807) is 0 Å². The fourth-order valence-electron chi connectivity index (χ4n) is 2.23. The predicted molar refractivity (Wildman–Crippen MR) is 76.4 cm³/mol. The van der Waals surface area contributed by atoms with Gasteiger partial charge in [-0.2, -0.15) is 0 Å². The first-order chi connectivity index (χ1) is 9.11. The first-order valence-corrected chi connectivity index (χ1v) is 7.61. The smallest absolute Gasteiger partial charge is 0.231 e. The second kappa shape index (κ2) is 6.45. The molecule has 0 radical (unpaired) electrons. The Morgan fingerprint density at radius 3 is 3.11 bits per heavy atom. The van der Waals surface area contributed by atoms with Crippen molar-refractivity contribution in [3.8, 4) is 0 Å². The van der Waals surface area contributed by atoms with Gasteiger partial charge < -0.3 is 15.4 Å². The molecule has 6 heteroatoms. The third kappa shape index (κ3) is 3.52. The van der Waals surface area contributed by atoms with Gasteiger partial charge in [-0.3, -0.25) is 4.79 Å². The second-order valence-corrected chi connectivity index (χ2v) is 5.68. The second-order valence-electron chi connectivity index (χ2n) is 4.82. The molecule has 1 aromatic rings. The van der Waals surface area contributed by atoms with E-state index in [0.717, 1.165) is 18.7 Å². The van der Waals surface area contributed by atoms with Gasteiger partial charge in [-0.05, 0) is 26.8 Å². The Morgan fingerprint density at radius 1 is 1.68 bits per heavy atom. The Labute approximate surface area is 117 Å². The number of carbonyl (C=O) groups excluding carboxylic acids is 1. The lowest BCUT2D eigenvalue weighted by Crippen LogP contribution is -2.27. The van der Waals surface area contributed by atoms with Crippen LogP contribution in [0, 0.1) is 5.92 Å². The topological polar surface area (TPSA) is 63.2 Å². The molecule has 1 aliphatic heterocycles. The normalized spacial score (nSPS) is 24.4. The van der Waals surface area contributed by atoms with Crippen molar-refractivity contribution in [2.75, 3.05) is 18.5 Å². The summed E-state index contributed by atoms with van der Waals surface area (Å²) in [7, 11) is 0. The zero-order valence-corrected chi connectivity index (χ0v) is 12.4. The van der Waals surface area contributed by atoms with E-state index in [0.29, 0.717) is 11.7 Å². The number of nitrogens with one attached hydrogen (secondary N) is 2. The lowest BCUT2D eigenvalue weighted by Gasteiger charge is -2.12. The number of carbonyl (C=O) groups is 1. The highest BCUT2D eigenvalue weighted by atomic mass is 32.1. The average Bonchev–Trinajstić information content (AvgIpc) is 2.98. The minimum atomic E-state index is -0.0569. The number of aromatic nitrogens is 1. The van der Waals surface area contributed by atoms with Gasteiger partial charge in [0.05, 0.1) is 17.7 Å². The summed E-state index contributed by atoms with van der Waals surface area (Å²) in [6.45, 7) is 7.64. The third-order valence-electron chi connectivity index (χ3n) is 3.42. The quantitative estimate of drug-likeness (QED) is 0.869. The van der Waals surface area contributed by atoms with Crippen molar-refractivity contribution in [1.29, 1.82) is 0 Å². The first-order valence-electron chi connectivity index (χ1n) is 6.73. The molecular weight excluding hydrogens is 262 g/mol. The summed E-state index contributed by atoms with van der Waals surface area (Å²) in [5, 5.41) is 8.85. The van der Waals surface area contributed by atoms with Gasteiger partial charge in [-0.25, -0.2) is 4.98 Å². The molecule has 2 rings (SSSR count). The van der Waals surface area contributed by atoms with Gasteiger partial charge in [0, 0.05) is 18.0 Å². The van der Waals surface area contributed by atoms with Crippen LogP contribution in [0.4, 0.5) is 5.13 Å². The molecule has 0 spiro atoms. The molecule has 3 atom stereocenters. The molecule has 2 N–H and O–H groups in total. The van der Waals surface area contributed by atoms with Crippen molar-refractivity contribution in [3.05, 3.63) is 11.1 Å². The van der Waals surface area contributed by atoms with Gasteiger partial charge in [0.25, 0.3) is 0 Å². The van der Waals surface area contributed by atoms with Crippen molar-refractivity contribution in [2.24, 2.45) is 5.92 Å². The van der Waals surface area contributed by atoms with E-state index >= 15 is 0 Å². The summed E-state index contributed by atoms with van der Waals surface area (Å²) >= 11 is 1.47. The molecule has 106 valence electrons. The van der Waals surface area contributed by atoms with Gasteiger partial charge in [0.15, 0.2) is 5.13 Å². The number of anilines is 1. The molecule has 0 saturated carbocycles. The predicted octanol–water partition coefficient (Wildman–Crippen LogP) is 2.18. The van der Waals surface area contributed by atoms with E-state index in [2.05, 4.69) is 29.5 Å². The maximum Gasteiger partial charge on any atom is 0.231 e. The number of ether oxygens (including phenoxy) is 1. The molecule has 1 aliphatic rings. The molecular formula is C13H21N3O2S. The summed E-state index contributed by atoms with van der Waals surface area (Å²) in [4.78, 5) is 16.5. The number of hydrogen-bond donors (Lipinski definition) is 2. The van der Waals surface area contributed by atoms with Crippen molar-refractivity contribution >= 4 is 22.4 Å². The minimum Gasteiger partial charge on any atom is -0.378 e.